The third kappa shape index (κ3) is 7.97. The van der Waals surface area contributed by atoms with Gasteiger partial charge in [0.05, 0.1) is 28.1 Å². The Hall–Kier alpha value is -7.11. The normalized spacial score (nSPS) is 16.1. The Morgan fingerprint density at radius 3 is 1.74 bits per heavy atom. The number of nitrogens with zero attached hydrogens (tertiary/aromatic N) is 4. The number of anilines is 4. The van der Waals surface area contributed by atoms with Crippen LogP contribution in [0.3, 0.4) is 0 Å². The Morgan fingerprint density at radius 1 is 0.486 bits per heavy atom. The van der Waals surface area contributed by atoms with E-state index in [1.807, 2.05) is 41.0 Å². The van der Waals surface area contributed by atoms with Crippen molar-refractivity contribution < 1.29 is 13.0 Å². The number of benzene rings is 7. The van der Waals surface area contributed by atoms with Gasteiger partial charge in [0.1, 0.15) is 24.0 Å². The number of para-hydroxylation sites is 2. The second-order valence-corrected chi connectivity index (χ2v) is 24.2. The summed E-state index contributed by atoms with van der Waals surface area (Å²) in [5.74, 6) is 1.46. The molecular formula is C67H70N4O. The molecule has 2 aromatic heterocycles. The monoisotopic (exact) mass is 953 g/mol. The summed E-state index contributed by atoms with van der Waals surface area (Å²) in [5.41, 5.74) is 12.4. The van der Waals surface area contributed by atoms with Gasteiger partial charge in [0.2, 0.25) is 0 Å². The quantitative estimate of drug-likeness (QED) is 0.159. The first kappa shape index (κ1) is 40.5. The van der Waals surface area contributed by atoms with E-state index in [0.29, 0.717) is 45.8 Å². The predicted molar refractivity (Wildman–Crippen MR) is 305 cm³/mol. The van der Waals surface area contributed by atoms with E-state index in [1.54, 1.807) is 24.4 Å². The van der Waals surface area contributed by atoms with Crippen molar-refractivity contribution in [2.75, 3.05) is 16.5 Å². The highest BCUT2D eigenvalue weighted by Crippen LogP contribution is 2.54. The first-order valence-electron chi connectivity index (χ1n) is 28.4. The standard InChI is InChI=1S/C67H70N4O/c1-63(2,3)44-30-31-68-59(37-44)71-57-29-21-26-53-60(57)61-54(67(53,13)14)39-50(40-58(61)71)72-49-25-20-24-48(38-49)69-41-70(56-28-19-18-27-55(56)69)62-51(42-22-16-15-17-23-42)35-47(66(10,11)12)36-52(62)43-32-45(64(4,5)6)34-46(33-43)65(7,8)9/h15-40H,41H2,1-14H3/i13D3,14D3. The highest BCUT2D eigenvalue weighted by molar-refractivity contribution is 6.16. The third-order valence-corrected chi connectivity index (χ3v) is 14.9. The SMILES string of the molecule is [2H]C([2H])([2H])C1(C([2H])([2H])[2H])c2cccc3c2c2c1cc(Oc1cccc(N4CN(c5c(-c6ccccc6)cc(C(C)(C)C)cc5-c5cc(C(C)(C)C)cc(C(C)(C)C)c5)c5ccccc54)c1)cc2n3-c1cc(C(C)(C)C)ccn1. The van der Waals surface area contributed by atoms with Gasteiger partial charge in [-0.3, -0.25) is 4.57 Å². The fourth-order valence-corrected chi connectivity index (χ4v) is 10.8. The summed E-state index contributed by atoms with van der Waals surface area (Å²) in [5, 5.41) is 1.18. The second kappa shape index (κ2) is 16.5. The molecule has 5 nitrogen and oxygen atoms in total. The molecule has 1 aliphatic carbocycles. The molecule has 0 spiro atoms. The Bertz CT molecular complexity index is 3790. The van der Waals surface area contributed by atoms with Crippen LogP contribution in [0.2, 0.25) is 0 Å². The molecule has 0 saturated heterocycles. The van der Waals surface area contributed by atoms with E-state index >= 15 is 0 Å². The van der Waals surface area contributed by atoms with Gasteiger partial charge in [0.25, 0.3) is 0 Å². The van der Waals surface area contributed by atoms with Crippen LogP contribution in [0, 0.1) is 0 Å². The molecule has 0 N–H and O–H groups in total. The van der Waals surface area contributed by atoms with Crippen LogP contribution in [0.25, 0.3) is 49.9 Å². The maximum atomic E-state index is 9.08. The fourth-order valence-electron chi connectivity index (χ4n) is 10.8. The molecule has 5 heteroatoms. The minimum absolute atomic E-state index is 0.0985. The molecule has 7 aromatic carbocycles. The van der Waals surface area contributed by atoms with Gasteiger partial charge in [0, 0.05) is 59.6 Å². The number of aromatic nitrogens is 2. The number of pyridine rings is 1. The largest absolute Gasteiger partial charge is 0.457 e. The Morgan fingerprint density at radius 2 is 1.08 bits per heavy atom. The fraction of sp³-hybridized carbons (Fsp3) is 0.299. The van der Waals surface area contributed by atoms with Crippen molar-refractivity contribution in [3.05, 3.63) is 191 Å². The average molecular weight is 953 g/mol. The van der Waals surface area contributed by atoms with Crippen molar-refractivity contribution in [1.82, 2.24) is 9.55 Å². The number of rotatable bonds is 7. The summed E-state index contributed by atoms with van der Waals surface area (Å²) in [6, 6.07) is 52.2. The van der Waals surface area contributed by atoms with Crippen LogP contribution in [0.15, 0.2) is 158 Å². The molecule has 0 fully saturated rings. The Kier molecular flexibility index (Phi) is 9.26. The van der Waals surface area contributed by atoms with Gasteiger partial charge in [-0.25, -0.2) is 4.98 Å². The van der Waals surface area contributed by atoms with Gasteiger partial charge in [0.15, 0.2) is 0 Å². The first-order valence-corrected chi connectivity index (χ1v) is 25.4. The van der Waals surface area contributed by atoms with E-state index < -0.39 is 19.1 Å². The van der Waals surface area contributed by atoms with Crippen molar-refractivity contribution in [3.8, 4) is 39.6 Å². The molecule has 1 aliphatic heterocycles. The van der Waals surface area contributed by atoms with Crippen LogP contribution in [0.1, 0.15) is 138 Å². The van der Waals surface area contributed by atoms with E-state index in [0.717, 1.165) is 45.0 Å². The van der Waals surface area contributed by atoms with Crippen molar-refractivity contribution >= 4 is 44.6 Å². The minimum atomic E-state index is -2.95. The molecule has 0 amide bonds. The van der Waals surface area contributed by atoms with Gasteiger partial charge >= 0.3 is 0 Å². The minimum Gasteiger partial charge on any atom is -0.457 e. The lowest BCUT2D eigenvalue weighted by molar-refractivity contribution is 0.481. The lowest BCUT2D eigenvalue weighted by Crippen LogP contribution is -2.25. The zero-order valence-corrected chi connectivity index (χ0v) is 43.9. The molecule has 364 valence electrons. The number of ether oxygens (including phenoxy) is 1. The molecular weight excluding hydrogens is 877 g/mol. The summed E-state index contributed by atoms with van der Waals surface area (Å²) in [6.45, 7) is 21.6. The molecule has 0 bridgehead atoms. The maximum absolute atomic E-state index is 9.08. The number of fused-ring (bicyclic) bond motifs is 1. The maximum Gasteiger partial charge on any atom is 0.137 e. The molecule has 72 heavy (non-hydrogen) atoms. The molecule has 9 aromatic rings. The van der Waals surface area contributed by atoms with E-state index in [4.69, 9.17) is 17.9 Å². The van der Waals surface area contributed by atoms with Gasteiger partial charge in [-0.2, -0.15) is 0 Å². The molecule has 3 heterocycles. The van der Waals surface area contributed by atoms with Crippen molar-refractivity contribution in [2.24, 2.45) is 0 Å². The van der Waals surface area contributed by atoms with Crippen LogP contribution in [0.4, 0.5) is 22.7 Å². The first-order chi connectivity index (χ1) is 36.5. The number of hydrogen-bond acceptors (Lipinski definition) is 4. The highest BCUT2D eigenvalue weighted by atomic mass is 16.5. The summed E-state index contributed by atoms with van der Waals surface area (Å²) in [6.07, 6.45) is 1.79. The molecule has 0 atom stereocenters. The topological polar surface area (TPSA) is 33.5 Å². The predicted octanol–water partition coefficient (Wildman–Crippen LogP) is 18.4. The van der Waals surface area contributed by atoms with E-state index in [1.165, 1.54) is 22.3 Å². The molecule has 0 unspecified atom stereocenters. The van der Waals surface area contributed by atoms with Crippen LogP contribution < -0.4 is 14.5 Å². The summed E-state index contributed by atoms with van der Waals surface area (Å²) >= 11 is 0. The summed E-state index contributed by atoms with van der Waals surface area (Å²) in [7, 11) is 0. The third-order valence-electron chi connectivity index (χ3n) is 14.9. The van der Waals surface area contributed by atoms with Crippen molar-refractivity contribution in [1.29, 1.82) is 0 Å². The lowest BCUT2D eigenvalue weighted by Gasteiger charge is -2.31. The highest BCUT2D eigenvalue weighted by Gasteiger charge is 2.38. The van der Waals surface area contributed by atoms with Gasteiger partial charge in [-0.15, -0.1) is 0 Å². The van der Waals surface area contributed by atoms with Crippen molar-refractivity contribution in [3.63, 3.8) is 0 Å². The van der Waals surface area contributed by atoms with Crippen molar-refractivity contribution in [2.45, 2.75) is 124 Å². The Balaban J connectivity index is 1.08. The van der Waals surface area contributed by atoms with E-state index in [9.17, 15) is 0 Å². The zero-order chi connectivity index (χ0) is 55.9. The smallest absolute Gasteiger partial charge is 0.137 e. The Labute approximate surface area is 436 Å². The van der Waals surface area contributed by atoms with E-state index in [2.05, 4.69) is 190 Å². The van der Waals surface area contributed by atoms with Crippen LogP contribution in [-0.2, 0) is 27.1 Å². The zero-order valence-electron chi connectivity index (χ0n) is 49.9. The van der Waals surface area contributed by atoms with Crippen LogP contribution in [0.5, 0.6) is 11.5 Å². The van der Waals surface area contributed by atoms with Crippen LogP contribution >= 0.6 is 0 Å². The second-order valence-electron chi connectivity index (χ2n) is 24.2. The molecule has 11 rings (SSSR count). The molecule has 0 saturated carbocycles. The van der Waals surface area contributed by atoms with E-state index in [-0.39, 0.29) is 32.8 Å². The van der Waals surface area contributed by atoms with Gasteiger partial charge in [-0.1, -0.05) is 176 Å². The molecule has 2 aliphatic rings. The van der Waals surface area contributed by atoms with Crippen LogP contribution in [-0.4, -0.2) is 16.2 Å². The number of hydrogen-bond donors (Lipinski definition) is 0. The summed E-state index contributed by atoms with van der Waals surface area (Å²) < 4.78 is 63.4. The average Bonchev–Trinajstić information content (AvgIpc) is 4.06. The summed E-state index contributed by atoms with van der Waals surface area (Å²) in [4.78, 5) is 9.65. The lowest BCUT2D eigenvalue weighted by atomic mass is 9.77. The van der Waals surface area contributed by atoms with Gasteiger partial charge < -0.3 is 14.5 Å². The van der Waals surface area contributed by atoms with Gasteiger partial charge in [-0.05, 0) is 127 Å². The molecule has 0 radical (unpaired) electrons.